The molecular formula is C19H19N3OS. The number of rotatable bonds is 6. The Morgan fingerprint density at radius 3 is 2.67 bits per heavy atom. The molecule has 1 aromatic carbocycles. The van der Waals surface area contributed by atoms with Crippen LogP contribution < -0.4 is 5.32 Å². The van der Waals surface area contributed by atoms with Gasteiger partial charge in [-0.15, -0.1) is 11.3 Å². The summed E-state index contributed by atoms with van der Waals surface area (Å²) in [5, 5.41) is 5.66. The smallest absolute Gasteiger partial charge is 0.270 e. The van der Waals surface area contributed by atoms with Crippen LogP contribution in [0.5, 0.6) is 0 Å². The highest BCUT2D eigenvalue weighted by molar-refractivity contribution is 7.13. The van der Waals surface area contributed by atoms with E-state index in [1.807, 2.05) is 37.3 Å². The largest absolute Gasteiger partial charge is 0.348 e. The van der Waals surface area contributed by atoms with Crippen LogP contribution in [0.25, 0.3) is 10.6 Å². The maximum absolute atomic E-state index is 12.3. The summed E-state index contributed by atoms with van der Waals surface area (Å²) in [5.74, 6) is -0.118. The fraction of sp³-hybridized carbons (Fsp3) is 0.211. The second kappa shape index (κ2) is 7.84. The normalized spacial score (nSPS) is 11.9. The molecule has 1 N–H and O–H groups in total. The van der Waals surface area contributed by atoms with Crippen LogP contribution in [0.1, 0.15) is 29.4 Å². The minimum absolute atomic E-state index is 0.101. The molecule has 2 aromatic heterocycles. The van der Waals surface area contributed by atoms with Crippen LogP contribution in [-0.2, 0) is 6.42 Å². The second-order valence-corrected chi connectivity index (χ2v) is 6.53. The van der Waals surface area contributed by atoms with Crippen molar-refractivity contribution >= 4 is 17.2 Å². The number of aryl methyl sites for hydroxylation is 1. The topological polar surface area (TPSA) is 54.9 Å². The summed E-state index contributed by atoms with van der Waals surface area (Å²) < 4.78 is 0. The van der Waals surface area contributed by atoms with Crippen molar-refractivity contribution in [1.29, 1.82) is 0 Å². The zero-order chi connectivity index (χ0) is 16.8. The van der Waals surface area contributed by atoms with Gasteiger partial charge in [0.05, 0.1) is 0 Å². The number of nitrogens with one attached hydrogen (secondary N) is 1. The molecule has 0 radical (unpaired) electrons. The van der Waals surface area contributed by atoms with Gasteiger partial charge in [-0.2, -0.15) is 0 Å². The molecule has 0 saturated heterocycles. The van der Waals surface area contributed by atoms with Crippen molar-refractivity contribution in [2.45, 2.75) is 25.8 Å². The monoisotopic (exact) mass is 337 g/mol. The Kier molecular flexibility index (Phi) is 5.33. The highest BCUT2D eigenvalue weighted by Crippen LogP contribution is 2.22. The third kappa shape index (κ3) is 4.26. The van der Waals surface area contributed by atoms with Gasteiger partial charge in [0, 0.05) is 29.4 Å². The van der Waals surface area contributed by atoms with Crippen molar-refractivity contribution in [1.82, 2.24) is 15.3 Å². The van der Waals surface area contributed by atoms with Gasteiger partial charge < -0.3 is 5.32 Å². The van der Waals surface area contributed by atoms with Gasteiger partial charge in [0.2, 0.25) is 0 Å². The zero-order valence-electron chi connectivity index (χ0n) is 13.5. The van der Waals surface area contributed by atoms with E-state index in [1.54, 1.807) is 17.8 Å². The zero-order valence-corrected chi connectivity index (χ0v) is 14.3. The molecule has 122 valence electrons. The number of nitrogens with zero attached hydrogens (tertiary/aromatic N) is 2. The number of pyridine rings is 1. The Labute approximate surface area is 145 Å². The van der Waals surface area contributed by atoms with E-state index in [9.17, 15) is 4.79 Å². The molecule has 1 amide bonds. The van der Waals surface area contributed by atoms with E-state index in [2.05, 4.69) is 27.4 Å². The molecule has 5 heteroatoms. The molecule has 1 atom stereocenters. The molecule has 3 aromatic rings. The van der Waals surface area contributed by atoms with Gasteiger partial charge in [-0.3, -0.25) is 9.78 Å². The molecule has 24 heavy (non-hydrogen) atoms. The molecule has 0 aliphatic heterocycles. The Balaban J connectivity index is 1.56. The van der Waals surface area contributed by atoms with Crippen LogP contribution in [-0.4, -0.2) is 21.9 Å². The first-order valence-corrected chi connectivity index (χ1v) is 8.81. The Morgan fingerprint density at radius 2 is 1.92 bits per heavy atom. The lowest BCUT2D eigenvalue weighted by atomic mass is 10.1. The molecular weight excluding hydrogens is 318 g/mol. The van der Waals surface area contributed by atoms with Gasteiger partial charge >= 0.3 is 0 Å². The van der Waals surface area contributed by atoms with Crippen LogP contribution in [0.2, 0.25) is 0 Å². The quantitative estimate of drug-likeness (QED) is 0.741. The molecule has 2 heterocycles. The maximum Gasteiger partial charge on any atom is 0.270 e. The van der Waals surface area contributed by atoms with E-state index in [0.29, 0.717) is 5.69 Å². The third-order valence-electron chi connectivity index (χ3n) is 3.75. The fourth-order valence-electron chi connectivity index (χ4n) is 2.40. The summed E-state index contributed by atoms with van der Waals surface area (Å²) in [6, 6.07) is 14.2. The predicted octanol–water partition coefficient (Wildman–Crippen LogP) is 3.96. The number of hydrogen-bond acceptors (Lipinski definition) is 4. The first kappa shape index (κ1) is 16.3. The summed E-state index contributed by atoms with van der Waals surface area (Å²) >= 11 is 1.47. The standard InChI is InChI=1S/C19H19N3OS/c1-14(7-8-15-5-3-2-4-6-15)21-18(23)17-13-24-19(22-17)16-9-11-20-12-10-16/h2-6,9-14H,7-8H2,1H3,(H,21,23)/t14-/m0/s1. The number of benzene rings is 1. The lowest BCUT2D eigenvalue weighted by molar-refractivity contribution is 0.0934. The SMILES string of the molecule is C[C@@H](CCc1ccccc1)NC(=O)c1csc(-c2ccncc2)n1. The van der Waals surface area contributed by atoms with Crippen LogP contribution in [0.4, 0.5) is 0 Å². The van der Waals surface area contributed by atoms with Gasteiger partial charge in [0.25, 0.3) is 5.91 Å². The minimum atomic E-state index is -0.118. The maximum atomic E-state index is 12.3. The van der Waals surface area contributed by atoms with Gasteiger partial charge in [-0.25, -0.2) is 4.98 Å². The number of carbonyl (C=O) groups excluding carboxylic acids is 1. The average molecular weight is 337 g/mol. The van der Waals surface area contributed by atoms with Crippen LogP contribution in [0, 0.1) is 0 Å². The first-order chi connectivity index (χ1) is 11.7. The highest BCUT2D eigenvalue weighted by Gasteiger charge is 2.14. The summed E-state index contributed by atoms with van der Waals surface area (Å²) in [7, 11) is 0. The van der Waals surface area contributed by atoms with Gasteiger partial charge in [0.15, 0.2) is 0 Å². The lowest BCUT2D eigenvalue weighted by Crippen LogP contribution is -2.33. The molecule has 0 saturated carbocycles. The first-order valence-electron chi connectivity index (χ1n) is 7.93. The third-order valence-corrected chi connectivity index (χ3v) is 4.64. The molecule has 0 aliphatic carbocycles. The Bertz CT molecular complexity index is 787. The van der Waals surface area contributed by atoms with E-state index >= 15 is 0 Å². The van der Waals surface area contributed by atoms with E-state index in [4.69, 9.17) is 0 Å². The molecule has 4 nitrogen and oxygen atoms in total. The number of amides is 1. The van der Waals surface area contributed by atoms with E-state index < -0.39 is 0 Å². The number of thiazole rings is 1. The summed E-state index contributed by atoms with van der Waals surface area (Å²) in [6.45, 7) is 2.02. The van der Waals surface area contributed by atoms with Crippen LogP contribution >= 0.6 is 11.3 Å². The molecule has 0 fully saturated rings. The van der Waals surface area contributed by atoms with Crippen molar-refractivity contribution in [2.24, 2.45) is 0 Å². The highest BCUT2D eigenvalue weighted by atomic mass is 32.1. The van der Waals surface area contributed by atoms with E-state index in [0.717, 1.165) is 23.4 Å². The van der Waals surface area contributed by atoms with Crippen molar-refractivity contribution in [3.05, 3.63) is 71.5 Å². The summed E-state index contributed by atoms with van der Waals surface area (Å²) in [6.07, 6.45) is 5.29. The number of aromatic nitrogens is 2. The number of hydrogen-bond donors (Lipinski definition) is 1. The van der Waals surface area contributed by atoms with Crippen molar-refractivity contribution in [3.8, 4) is 10.6 Å². The molecule has 0 spiro atoms. The molecule has 0 aliphatic rings. The van der Waals surface area contributed by atoms with Gasteiger partial charge in [-0.05, 0) is 37.5 Å². The summed E-state index contributed by atoms with van der Waals surface area (Å²) in [5.41, 5.74) is 2.73. The van der Waals surface area contributed by atoms with Crippen LogP contribution in [0.15, 0.2) is 60.2 Å². The fourth-order valence-corrected chi connectivity index (χ4v) is 3.21. The van der Waals surface area contributed by atoms with Gasteiger partial charge in [0.1, 0.15) is 10.7 Å². The average Bonchev–Trinajstić information content (AvgIpc) is 3.12. The lowest BCUT2D eigenvalue weighted by Gasteiger charge is -2.12. The van der Waals surface area contributed by atoms with Crippen molar-refractivity contribution in [2.75, 3.05) is 0 Å². The van der Waals surface area contributed by atoms with Gasteiger partial charge in [-0.1, -0.05) is 30.3 Å². The molecule has 0 unspecified atom stereocenters. The van der Waals surface area contributed by atoms with E-state index in [1.165, 1.54) is 16.9 Å². The van der Waals surface area contributed by atoms with Crippen LogP contribution in [0.3, 0.4) is 0 Å². The van der Waals surface area contributed by atoms with Crippen molar-refractivity contribution in [3.63, 3.8) is 0 Å². The van der Waals surface area contributed by atoms with Crippen molar-refractivity contribution < 1.29 is 4.79 Å². The summed E-state index contributed by atoms with van der Waals surface area (Å²) in [4.78, 5) is 20.8. The minimum Gasteiger partial charge on any atom is -0.348 e. The molecule has 3 rings (SSSR count). The molecule has 0 bridgehead atoms. The second-order valence-electron chi connectivity index (χ2n) is 5.67. The predicted molar refractivity (Wildman–Crippen MR) is 97.0 cm³/mol. The number of carbonyl (C=O) groups is 1. The Morgan fingerprint density at radius 1 is 1.17 bits per heavy atom. The van der Waals surface area contributed by atoms with E-state index in [-0.39, 0.29) is 11.9 Å². The Hall–Kier alpha value is -2.53.